The fraction of sp³-hybridized carbons (Fsp3) is 1.00. The number of fused-ring (bicyclic) bond motifs is 1. The molecule has 0 unspecified atom stereocenters. The molecule has 3 saturated heterocycles. The van der Waals surface area contributed by atoms with Gasteiger partial charge in [0.2, 0.25) is 0 Å². The summed E-state index contributed by atoms with van der Waals surface area (Å²) in [6, 6.07) is 0. The third-order valence-corrected chi connectivity index (χ3v) is 5.22. The van der Waals surface area contributed by atoms with Crippen LogP contribution >= 0.6 is 0 Å². The maximum Gasteiger partial charge on any atom is 0.405 e. The zero-order valence-electron chi connectivity index (χ0n) is 14.6. The first-order valence-corrected chi connectivity index (χ1v) is 9.55. The smallest absolute Gasteiger partial charge is 0.348 e. The van der Waals surface area contributed by atoms with E-state index in [9.17, 15) is 21.6 Å². The van der Waals surface area contributed by atoms with Crippen LogP contribution in [0.25, 0.3) is 0 Å². The van der Waals surface area contributed by atoms with Crippen molar-refractivity contribution in [2.75, 3.05) is 12.4 Å². The molecule has 152 valence electrons. The van der Waals surface area contributed by atoms with Crippen LogP contribution in [0.1, 0.15) is 27.7 Å². The highest BCUT2D eigenvalue weighted by molar-refractivity contribution is 7.86. The lowest BCUT2D eigenvalue weighted by Gasteiger charge is -2.28. The number of ether oxygens (including phenoxy) is 5. The van der Waals surface area contributed by atoms with E-state index in [0.29, 0.717) is 0 Å². The molecule has 0 aromatic rings. The van der Waals surface area contributed by atoms with Crippen molar-refractivity contribution in [1.82, 2.24) is 0 Å². The molecule has 3 aliphatic rings. The molecule has 0 spiro atoms. The fourth-order valence-electron chi connectivity index (χ4n) is 3.19. The molecule has 0 bridgehead atoms. The van der Waals surface area contributed by atoms with Crippen molar-refractivity contribution in [1.29, 1.82) is 0 Å². The molecule has 8 nitrogen and oxygen atoms in total. The van der Waals surface area contributed by atoms with Crippen LogP contribution in [0.5, 0.6) is 0 Å². The second-order valence-corrected chi connectivity index (χ2v) is 8.91. The summed E-state index contributed by atoms with van der Waals surface area (Å²) in [5.41, 5.74) is 0. The Balaban J connectivity index is 1.81. The number of hydrogen-bond donors (Lipinski definition) is 0. The van der Waals surface area contributed by atoms with Gasteiger partial charge in [0.05, 0.1) is 6.61 Å². The van der Waals surface area contributed by atoms with E-state index in [-0.39, 0.29) is 6.61 Å². The van der Waals surface area contributed by atoms with Gasteiger partial charge in [0.25, 0.3) is 10.1 Å². The Morgan fingerprint density at radius 3 is 2.23 bits per heavy atom. The first-order valence-electron chi connectivity index (χ1n) is 7.97. The van der Waals surface area contributed by atoms with Crippen LogP contribution < -0.4 is 0 Å². The minimum atomic E-state index is -4.94. The fourth-order valence-corrected chi connectivity index (χ4v) is 4.22. The summed E-state index contributed by atoms with van der Waals surface area (Å²) in [7, 11) is -4.93. The van der Waals surface area contributed by atoms with Gasteiger partial charge < -0.3 is 23.7 Å². The quantitative estimate of drug-likeness (QED) is 0.646. The Kier molecular flexibility index (Phi) is 4.87. The third kappa shape index (κ3) is 4.49. The van der Waals surface area contributed by atoms with Crippen molar-refractivity contribution in [3.63, 3.8) is 0 Å². The molecule has 3 fully saturated rings. The SMILES string of the molecule is CC1(C)O[C@H]2O[C@H]([C@H]3COC(C)(C)O3)[C@H](OS(=O)(=O)CC(F)(F)F)[C@H]2O1. The van der Waals surface area contributed by atoms with E-state index in [2.05, 4.69) is 0 Å². The molecule has 0 aromatic heterocycles. The van der Waals surface area contributed by atoms with Crippen LogP contribution in [0.4, 0.5) is 13.2 Å². The lowest BCUT2D eigenvalue weighted by molar-refractivity contribution is -0.230. The summed E-state index contributed by atoms with van der Waals surface area (Å²) in [6.07, 6.45) is -10.1. The van der Waals surface area contributed by atoms with Crippen LogP contribution in [-0.4, -0.2) is 69.2 Å². The number of alkyl halides is 3. The lowest BCUT2D eigenvalue weighted by atomic mass is 10.1. The molecule has 5 atom stereocenters. The average molecular weight is 406 g/mol. The van der Waals surface area contributed by atoms with Gasteiger partial charge >= 0.3 is 6.18 Å². The highest BCUT2D eigenvalue weighted by atomic mass is 32.2. The summed E-state index contributed by atoms with van der Waals surface area (Å²) >= 11 is 0. The van der Waals surface area contributed by atoms with E-state index in [1.54, 1.807) is 27.7 Å². The van der Waals surface area contributed by atoms with E-state index in [1.165, 1.54) is 0 Å². The predicted molar refractivity (Wildman–Crippen MR) is 78.3 cm³/mol. The first-order chi connectivity index (χ1) is 11.7. The summed E-state index contributed by atoms with van der Waals surface area (Å²) in [6.45, 7) is 6.50. The monoisotopic (exact) mass is 406 g/mol. The van der Waals surface area contributed by atoms with Crippen molar-refractivity contribution >= 4 is 10.1 Å². The molecular weight excluding hydrogens is 385 g/mol. The van der Waals surface area contributed by atoms with Crippen molar-refractivity contribution in [2.45, 2.75) is 76.2 Å². The van der Waals surface area contributed by atoms with Gasteiger partial charge in [0, 0.05) is 0 Å². The third-order valence-electron chi connectivity index (χ3n) is 4.02. The minimum Gasteiger partial charge on any atom is -0.348 e. The Labute approximate surface area is 148 Å². The summed E-state index contributed by atoms with van der Waals surface area (Å²) in [4.78, 5) is 0. The molecule has 0 saturated carbocycles. The topological polar surface area (TPSA) is 89.5 Å². The van der Waals surface area contributed by atoms with Crippen LogP contribution in [0.2, 0.25) is 0 Å². The van der Waals surface area contributed by atoms with Crippen LogP contribution in [0.15, 0.2) is 0 Å². The minimum absolute atomic E-state index is 0.0552. The van der Waals surface area contributed by atoms with Crippen molar-refractivity contribution in [3.8, 4) is 0 Å². The van der Waals surface area contributed by atoms with Gasteiger partial charge in [-0.25, -0.2) is 0 Å². The summed E-state index contributed by atoms with van der Waals surface area (Å²) < 4.78 is 94.0. The standard InChI is InChI=1S/C14H21F3O8S/c1-12(2)20-5-7(22-12)8-9(25-26(18,19)6-14(15,16)17)10-11(21-8)24-13(3,4)23-10/h7-11H,5-6H2,1-4H3/t7-,8-,9+,10-,11-/m1/s1. The maximum atomic E-state index is 12.5. The maximum absolute atomic E-state index is 12.5. The van der Waals surface area contributed by atoms with Gasteiger partial charge in [-0.2, -0.15) is 21.6 Å². The second kappa shape index (κ2) is 6.26. The van der Waals surface area contributed by atoms with Crippen molar-refractivity contribution in [3.05, 3.63) is 0 Å². The van der Waals surface area contributed by atoms with Crippen LogP contribution in [0.3, 0.4) is 0 Å². The lowest BCUT2D eigenvalue weighted by Crippen LogP contribution is -2.46. The Bertz CT molecular complexity index is 647. The molecule has 0 amide bonds. The van der Waals surface area contributed by atoms with Gasteiger partial charge in [-0.1, -0.05) is 0 Å². The average Bonchev–Trinajstić information content (AvgIpc) is 2.98. The predicted octanol–water partition coefficient (Wildman–Crippen LogP) is 1.29. The van der Waals surface area contributed by atoms with E-state index >= 15 is 0 Å². The Hall–Kier alpha value is -0.500. The molecule has 3 heterocycles. The zero-order valence-corrected chi connectivity index (χ0v) is 15.4. The van der Waals surface area contributed by atoms with E-state index in [4.69, 9.17) is 27.9 Å². The van der Waals surface area contributed by atoms with E-state index in [1.807, 2.05) is 0 Å². The molecule has 0 radical (unpaired) electrons. The Morgan fingerprint density at radius 2 is 1.69 bits per heavy atom. The molecule has 12 heteroatoms. The molecule has 3 aliphatic heterocycles. The second-order valence-electron chi connectivity index (χ2n) is 7.31. The molecule has 0 aromatic carbocycles. The van der Waals surface area contributed by atoms with Gasteiger partial charge in [0.1, 0.15) is 24.4 Å². The molecule has 26 heavy (non-hydrogen) atoms. The normalized spacial score (nSPS) is 39.3. The van der Waals surface area contributed by atoms with Crippen molar-refractivity contribution < 1.29 is 49.5 Å². The van der Waals surface area contributed by atoms with E-state index in [0.717, 1.165) is 0 Å². The molecular formula is C14H21F3O8S. The largest absolute Gasteiger partial charge is 0.405 e. The highest BCUT2D eigenvalue weighted by Gasteiger charge is 2.60. The molecule has 0 aliphatic carbocycles. The summed E-state index contributed by atoms with van der Waals surface area (Å²) in [5.74, 6) is -4.15. The molecule has 0 N–H and O–H groups in total. The number of halogens is 3. The summed E-state index contributed by atoms with van der Waals surface area (Å²) in [5, 5.41) is 0. The van der Waals surface area contributed by atoms with Gasteiger partial charge in [-0.15, -0.1) is 0 Å². The number of hydrogen-bond acceptors (Lipinski definition) is 8. The zero-order chi connectivity index (χ0) is 19.5. The van der Waals surface area contributed by atoms with Gasteiger partial charge in [0.15, 0.2) is 23.6 Å². The Morgan fingerprint density at radius 1 is 1.04 bits per heavy atom. The van der Waals surface area contributed by atoms with E-state index < -0.39 is 64.3 Å². The van der Waals surface area contributed by atoms with Gasteiger partial charge in [-0.3, -0.25) is 4.18 Å². The van der Waals surface area contributed by atoms with Crippen molar-refractivity contribution in [2.24, 2.45) is 0 Å². The van der Waals surface area contributed by atoms with Crippen LogP contribution in [-0.2, 0) is 38.0 Å². The molecule has 3 rings (SSSR count). The van der Waals surface area contributed by atoms with Crippen LogP contribution in [0, 0.1) is 0 Å². The van der Waals surface area contributed by atoms with Gasteiger partial charge in [-0.05, 0) is 27.7 Å². The number of rotatable bonds is 4. The highest BCUT2D eigenvalue weighted by Crippen LogP contribution is 2.42. The first kappa shape index (κ1) is 20.2.